The molecule has 0 saturated carbocycles. The lowest BCUT2D eigenvalue weighted by Gasteiger charge is -2.21. The second-order valence-electron chi connectivity index (χ2n) is 5.23. The molecule has 0 fully saturated rings. The van der Waals surface area contributed by atoms with E-state index in [1.807, 2.05) is 12.1 Å². The summed E-state index contributed by atoms with van der Waals surface area (Å²) >= 11 is 0. The van der Waals surface area contributed by atoms with Crippen LogP contribution in [0.4, 0.5) is 10.1 Å². The summed E-state index contributed by atoms with van der Waals surface area (Å²) in [6.45, 7) is 0. The van der Waals surface area contributed by atoms with E-state index in [0.717, 1.165) is 11.8 Å². The Labute approximate surface area is 132 Å². The Morgan fingerprint density at radius 1 is 1.30 bits per heavy atom. The Morgan fingerprint density at radius 3 is 2.83 bits per heavy atom. The first-order chi connectivity index (χ1) is 11.1. The zero-order chi connectivity index (χ0) is 16.4. The molecule has 2 amide bonds. The Bertz CT molecular complexity index is 804. The molecule has 1 aromatic heterocycles. The zero-order valence-corrected chi connectivity index (χ0v) is 12.1. The van der Waals surface area contributed by atoms with Crippen LogP contribution in [-0.2, 0) is 16.0 Å². The van der Waals surface area contributed by atoms with Crippen LogP contribution in [0, 0.1) is 5.82 Å². The van der Waals surface area contributed by atoms with Crippen molar-refractivity contribution in [3.63, 3.8) is 0 Å². The summed E-state index contributed by atoms with van der Waals surface area (Å²) in [5, 5.41) is 0. The number of aromatic nitrogens is 1. The third-order valence-corrected chi connectivity index (χ3v) is 3.69. The maximum Gasteiger partial charge on any atom is 0.251 e. The van der Waals surface area contributed by atoms with E-state index in [-0.39, 0.29) is 5.91 Å². The van der Waals surface area contributed by atoms with Crippen LogP contribution in [0.25, 0.3) is 6.08 Å². The minimum atomic E-state index is -0.713. The lowest BCUT2D eigenvalue weighted by atomic mass is 10.1. The van der Waals surface area contributed by atoms with Crippen LogP contribution < -0.4 is 10.6 Å². The van der Waals surface area contributed by atoms with E-state index in [9.17, 15) is 14.0 Å². The number of para-hydroxylation sites is 1. The highest BCUT2D eigenvalue weighted by atomic mass is 19.1. The summed E-state index contributed by atoms with van der Waals surface area (Å²) < 4.78 is 13.1. The molecule has 0 saturated heterocycles. The summed E-state index contributed by atoms with van der Waals surface area (Å²) in [4.78, 5) is 29.2. The fraction of sp³-hybridized carbons (Fsp3) is 0.118. The van der Waals surface area contributed by atoms with Crippen molar-refractivity contribution in [2.45, 2.75) is 12.5 Å². The van der Waals surface area contributed by atoms with E-state index in [4.69, 9.17) is 5.73 Å². The van der Waals surface area contributed by atoms with Gasteiger partial charge in [0.05, 0.1) is 6.20 Å². The quantitative estimate of drug-likeness (QED) is 0.876. The van der Waals surface area contributed by atoms with Gasteiger partial charge in [0.15, 0.2) is 0 Å². The van der Waals surface area contributed by atoms with Gasteiger partial charge in [-0.3, -0.25) is 19.5 Å². The van der Waals surface area contributed by atoms with Gasteiger partial charge in [0.2, 0.25) is 5.91 Å². The van der Waals surface area contributed by atoms with Gasteiger partial charge in [-0.15, -0.1) is 0 Å². The number of nitrogens with two attached hydrogens (primary N) is 1. The van der Waals surface area contributed by atoms with Gasteiger partial charge in [-0.1, -0.05) is 18.2 Å². The molecule has 23 heavy (non-hydrogen) atoms. The van der Waals surface area contributed by atoms with Crippen molar-refractivity contribution in [1.82, 2.24) is 4.98 Å². The first kappa shape index (κ1) is 14.9. The molecule has 0 radical (unpaired) electrons. The van der Waals surface area contributed by atoms with Gasteiger partial charge >= 0.3 is 0 Å². The van der Waals surface area contributed by atoms with Crippen LogP contribution in [0.1, 0.15) is 11.1 Å². The lowest BCUT2D eigenvalue weighted by molar-refractivity contribution is -0.122. The molecule has 5 nitrogen and oxygen atoms in total. The van der Waals surface area contributed by atoms with Gasteiger partial charge in [-0.05, 0) is 29.3 Å². The van der Waals surface area contributed by atoms with Crippen LogP contribution in [0.15, 0.2) is 48.8 Å². The van der Waals surface area contributed by atoms with Gasteiger partial charge in [0.1, 0.15) is 11.9 Å². The van der Waals surface area contributed by atoms with Crippen LogP contribution in [0.3, 0.4) is 0 Å². The topological polar surface area (TPSA) is 76.3 Å². The lowest BCUT2D eigenvalue weighted by Crippen LogP contribution is -2.45. The molecule has 1 aromatic carbocycles. The Hall–Kier alpha value is -3.02. The van der Waals surface area contributed by atoms with Crippen molar-refractivity contribution in [2.24, 2.45) is 5.73 Å². The summed E-state index contributed by atoms with van der Waals surface area (Å²) in [6, 6.07) is 7.82. The second kappa shape index (κ2) is 6.00. The van der Waals surface area contributed by atoms with Crippen molar-refractivity contribution < 1.29 is 14.0 Å². The third-order valence-electron chi connectivity index (χ3n) is 3.69. The van der Waals surface area contributed by atoms with Crippen molar-refractivity contribution in [2.75, 3.05) is 4.90 Å². The molecule has 116 valence electrons. The smallest absolute Gasteiger partial charge is 0.251 e. The average Bonchev–Trinajstić information content (AvgIpc) is 2.92. The molecule has 3 rings (SSSR count). The molecule has 1 atom stereocenters. The summed E-state index contributed by atoms with van der Waals surface area (Å²) in [6.07, 6.45) is 5.66. The third kappa shape index (κ3) is 2.96. The number of hydrogen-bond acceptors (Lipinski definition) is 3. The molecule has 0 aliphatic carbocycles. The van der Waals surface area contributed by atoms with Gasteiger partial charge < -0.3 is 5.73 Å². The second-order valence-corrected chi connectivity index (χ2v) is 5.23. The number of fused-ring (bicyclic) bond motifs is 1. The molecule has 2 aromatic rings. The Kier molecular flexibility index (Phi) is 3.89. The Morgan fingerprint density at radius 2 is 2.09 bits per heavy atom. The van der Waals surface area contributed by atoms with Crippen LogP contribution >= 0.6 is 0 Å². The van der Waals surface area contributed by atoms with Gasteiger partial charge in [0.25, 0.3) is 5.91 Å². The molecule has 0 unspecified atom stereocenters. The van der Waals surface area contributed by atoms with Crippen LogP contribution in [0.5, 0.6) is 0 Å². The molecule has 1 aliphatic heterocycles. The standard InChI is InChI=1S/C17H14FN3O2/c18-13-7-11(9-20-10-13)5-6-16(22)21-14-4-2-1-3-12(14)8-15(21)17(19)23/h1-7,9-10,15H,8H2,(H2,19,23)/b6-5+/t15-/m0/s1. The predicted molar refractivity (Wildman–Crippen MR) is 83.8 cm³/mol. The number of rotatable bonds is 3. The predicted octanol–water partition coefficient (Wildman–Crippen LogP) is 1.68. The highest BCUT2D eigenvalue weighted by Crippen LogP contribution is 2.32. The minimum Gasteiger partial charge on any atom is -0.368 e. The number of benzene rings is 1. The van der Waals surface area contributed by atoms with E-state index in [0.29, 0.717) is 17.7 Å². The van der Waals surface area contributed by atoms with Crippen LogP contribution in [0.2, 0.25) is 0 Å². The first-order valence-electron chi connectivity index (χ1n) is 7.05. The van der Waals surface area contributed by atoms with Crippen molar-refractivity contribution in [3.05, 3.63) is 65.7 Å². The molecule has 2 N–H and O–H groups in total. The number of carbonyl (C=O) groups excluding carboxylic acids is 2. The normalized spacial score (nSPS) is 16.6. The number of nitrogens with zero attached hydrogens (tertiary/aromatic N) is 2. The maximum atomic E-state index is 13.1. The van der Waals surface area contributed by atoms with Crippen molar-refractivity contribution >= 4 is 23.6 Å². The highest BCUT2D eigenvalue weighted by molar-refractivity contribution is 6.09. The SMILES string of the molecule is NC(=O)[C@@H]1Cc2ccccc2N1C(=O)/C=C/c1cncc(F)c1. The van der Waals surface area contributed by atoms with Gasteiger partial charge in [-0.2, -0.15) is 0 Å². The number of hydrogen-bond donors (Lipinski definition) is 1. The zero-order valence-electron chi connectivity index (χ0n) is 12.1. The fourth-order valence-electron chi connectivity index (χ4n) is 2.65. The molecule has 6 heteroatoms. The minimum absolute atomic E-state index is 0.386. The number of amides is 2. The molecular weight excluding hydrogens is 297 g/mol. The largest absolute Gasteiger partial charge is 0.368 e. The maximum absolute atomic E-state index is 13.1. The molecule has 2 heterocycles. The highest BCUT2D eigenvalue weighted by Gasteiger charge is 2.35. The number of pyridine rings is 1. The molecule has 0 bridgehead atoms. The summed E-state index contributed by atoms with van der Waals surface area (Å²) in [5.41, 5.74) is 7.44. The van der Waals surface area contributed by atoms with E-state index in [2.05, 4.69) is 4.98 Å². The number of primary amides is 1. The van der Waals surface area contributed by atoms with E-state index in [1.54, 1.807) is 12.1 Å². The van der Waals surface area contributed by atoms with Crippen molar-refractivity contribution in [3.8, 4) is 0 Å². The Balaban J connectivity index is 1.89. The molecule has 0 spiro atoms. The van der Waals surface area contributed by atoms with E-state index >= 15 is 0 Å². The fourth-order valence-corrected chi connectivity index (χ4v) is 2.65. The molecule has 1 aliphatic rings. The number of halogens is 1. The van der Waals surface area contributed by atoms with E-state index in [1.165, 1.54) is 29.3 Å². The summed E-state index contributed by atoms with van der Waals surface area (Å²) in [7, 11) is 0. The number of carbonyl (C=O) groups is 2. The van der Waals surface area contributed by atoms with Crippen LogP contribution in [-0.4, -0.2) is 22.8 Å². The monoisotopic (exact) mass is 311 g/mol. The van der Waals surface area contributed by atoms with Gasteiger partial charge in [-0.25, -0.2) is 4.39 Å². The number of anilines is 1. The first-order valence-corrected chi connectivity index (χ1v) is 7.05. The molecular formula is C17H14FN3O2. The average molecular weight is 311 g/mol. The van der Waals surface area contributed by atoms with Gasteiger partial charge in [0, 0.05) is 24.4 Å². The van der Waals surface area contributed by atoms with E-state index < -0.39 is 17.8 Å². The van der Waals surface area contributed by atoms with Crippen molar-refractivity contribution in [1.29, 1.82) is 0 Å². The summed E-state index contributed by atoms with van der Waals surface area (Å²) in [5.74, 6) is -1.43.